The summed E-state index contributed by atoms with van der Waals surface area (Å²) < 4.78 is 23.9. The monoisotopic (exact) mass is 945 g/mol. The van der Waals surface area contributed by atoms with Crippen molar-refractivity contribution >= 4 is 0 Å². The lowest BCUT2D eigenvalue weighted by Crippen LogP contribution is -2.03. The van der Waals surface area contributed by atoms with Crippen molar-refractivity contribution in [2.75, 3.05) is 0 Å². The van der Waals surface area contributed by atoms with E-state index >= 15 is 0 Å². The van der Waals surface area contributed by atoms with E-state index in [4.69, 9.17) is 44.1 Å². The third kappa shape index (κ3) is 9.09. The van der Waals surface area contributed by atoms with Crippen molar-refractivity contribution < 1.29 is 14.2 Å². The van der Waals surface area contributed by atoms with Crippen LogP contribution in [0.25, 0.3) is 68.3 Å². The van der Waals surface area contributed by atoms with E-state index in [0.29, 0.717) is 88.9 Å². The average molecular weight is 946 g/mol. The van der Waals surface area contributed by atoms with Crippen LogP contribution in [0.15, 0.2) is 164 Å². The normalized spacial score (nSPS) is 13.0. The number of nitrogens with zero attached hydrogens (tertiary/aromatic N) is 15. The maximum Gasteiger partial charge on any atom is 0.164 e. The van der Waals surface area contributed by atoms with Crippen LogP contribution in [0.5, 0.6) is 17.2 Å². The van der Waals surface area contributed by atoms with Gasteiger partial charge in [-0.15, -0.1) is 15.3 Å². The Hall–Kier alpha value is -9.84. The highest BCUT2D eigenvalue weighted by Crippen LogP contribution is 2.30. The summed E-state index contributed by atoms with van der Waals surface area (Å²) in [5.74, 6) is 5.08. The summed E-state index contributed by atoms with van der Waals surface area (Å²) in [6, 6.07) is 47.3. The second kappa shape index (κ2) is 18.2. The highest BCUT2D eigenvalue weighted by atomic mass is 16.5. The summed E-state index contributed by atoms with van der Waals surface area (Å²) in [6.45, 7) is 2.21. The summed E-state index contributed by atoms with van der Waals surface area (Å²) in [7, 11) is 0. The summed E-state index contributed by atoms with van der Waals surface area (Å²) in [4.78, 5) is 29.9. The lowest BCUT2D eigenvalue weighted by Gasteiger charge is -2.11. The summed E-state index contributed by atoms with van der Waals surface area (Å²) >= 11 is 0. The molecule has 11 aromatic rings. The first-order chi connectivity index (χ1) is 35.5. The molecule has 72 heavy (non-hydrogen) atoms. The fourth-order valence-corrected chi connectivity index (χ4v) is 8.38. The van der Waals surface area contributed by atoms with E-state index in [1.54, 1.807) is 14.0 Å². The molecule has 24 bridgehead atoms. The van der Waals surface area contributed by atoms with Crippen molar-refractivity contribution in [3.05, 3.63) is 198 Å². The molecule has 5 aromatic heterocycles. The van der Waals surface area contributed by atoms with E-state index in [-0.39, 0.29) is 19.8 Å². The van der Waals surface area contributed by atoms with Crippen LogP contribution in [-0.2, 0) is 39.5 Å². The van der Waals surface area contributed by atoms with Gasteiger partial charge in [0, 0.05) is 33.4 Å². The number of hydrogen-bond acceptors (Lipinski definition) is 15. The molecule has 0 radical (unpaired) electrons. The second-order valence-corrected chi connectivity index (χ2v) is 17.4. The predicted octanol–water partition coefficient (Wildman–Crippen LogP) is 8.34. The van der Waals surface area contributed by atoms with Crippen LogP contribution in [-0.4, -0.2) is 74.9 Å². The van der Waals surface area contributed by atoms with Gasteiger partial charge >= 0.3 is 0 Å². The molecule has 0 saturated heterocycles. The maximum absolute atomic E-state index is 6.18. The Labute approximate surface area is 410 Å². The zero-order valence-corrected chi connectivity index (χ0v) is 38.3. The molecular formula is C54H39N15O3. The molecule has 0 fully saturated rings. The number of rotatable bonds is 0. The van der Waals surface area contributed by atoms with Crippen LogP contribution in [0.2, 0.25) is 0 Å². The lowest BCUT2D eigenvalue weighted by molar-refractivity contribution is 0.301. The van der Waals surface area contributed by atoms with Gasteiger partial charge in [-0.2, -0.15) is 0 Å². The van der Waals surface area contributed by atoms with Gasteiger partial charge in [0.1, 0.15) is 54.2 Å². The summed E-state index contributed by atoms with van der Waals surface area (Å²) in [5, 5.41) is 26.4. The van der Waals surface area contributed by atoms with E-state index in [1.807, 2.05) is 164 Å². The molecule has 0 N–H and O–H groups in total. The molecule has 0 aliphatic carbocycles. The van der Waals surface area contributed by atoms with E-state index in [1.165, 1.54) is 0 Å². The lowest BCUT2D eigenvalue weighted by atomic mass is 10.1. The van der Waals surface area contributed by atoms with Crippen LogP contribution in [0, 0.1) is 0 Å². The van der Waals surface area contributed by atoms with Gasteiger partial charge in [0.05, 0.1) is 38.2 Å². The topological polar surface area (TPSA) is 197 Å². The van der Waals surface area contributed by atoms with Crippen molar-refractivity contribution in [3.8, 4) is 85.6 Å². The molecule has 6 aromatic carbocycles. The molecule has 0 unspecified atom stereocenters. The molecule has 27 aliphatic heterocycles. The number of hydrogen-bond donors (Lipinski definition) is 0. The van der Waals surface area contributed by atoms with E-state index in [2.05, 4.69) is 30.9 Å². The molecule has 27 aliphatic rings. The molecule has 0 amide bonds. The number of aromatic nitrogens is 15. The second-order valence-electron chi connectivity index (χ2n) is 17.4. The Morgan fingerprint density at radius 3 is 0.736 bits per heavy atom. The van der Waals surface area contributed by atoms with Gasteiger partial charge in [-0.1, -0.05) is 88.4 Å². The molecule has 32 heterocycles. The van der Waals surface area contributed by atoms with Gasteiger partial charge in [0.15, 0.2) is 34.9 Å². The van der Waals surface area contributed by atoms with Crippen molar-refractivity contribution in [2.24, 2.45) is 0 Å². The van der Waals surface area contributed by atoms with E-state index < -0.39 is 0 Å². The zero-order valence-electron chi connectivity index (χ0n) is 38.3. The van der Waals surface area contributed by atoms with Gasteiger partial charge in [0.2, 0.25) is 0 Å². The molecule has 0 saturated carbocycles. The van der Waals surface area contributed by atoms with Crippen LogP contribution in [0.3, 0.4) is 0 Å². The van der Waals surface area contributed by atoms with Crippen LogP contribution >= 0.6 is 0 Å². The Bertz CT molecular complexity index is 3290. The largest absolute Gasteiger partial charge is 0.487 e. The average Bonchev–Trinajstić information content (AvgIpc) is 4.21. The molecule has 0 atom stereocenters. The number of ether oxygens (including phenoxy) is 3. The Balaban J connectivity index is 0.914. The van der Waals surface area contributed by atoms with Crippen LogP contribution < -0.4 is 14.2 Å². The standard InChI is InChI=1S/C54H39N15O3/c1-7-37-8-2-34(1)25-67-28-43(61-64-67)31-70-46-19-13-40(14-20-46)52-58-53-41-15-21-47(22-16-41)71-32-44-29-68(65-62-44)26-35-3-9-38(10-4-35)50-55-49(37)56-51(57-50)39-11-5-36(6-12-39)27-69-30-45(63-66-69)33-72-48-23-17-42(18-24-48)54(59-52)60-53/h1-24,28-30H,25-27,31-33H2. The predicted molar refractivity (Wildman–Crippen MR) is 263 cm³/mol. The zero-order chi connectivity index (χ0) is 47.8. The Morgan fingerprint density at radius 1 is 0.278 bits per heavy atom. The molecular weight excluding hydrogens is 907 g/mol. The molecule has 0 spiro atoms. The Morgan fingerprint density at radius 2 is 0.500 bits per heavy atom. The highest BCUT2D eigenvalue weighted by molar-refractivity contribution is 5.69. The smallest absolute Gasteiger partial charge is 0.164 e. The van der Waals surface area contributed by atoms with Crippen molar-refractivity contribution in [2.45, 2.75) is 39.5 Å². The van der Waals surface area contributed by atoms with Gasteiger partial charge in [-0.25, -0.2) is 43.9 Å². The third-order valence-electron chi connectivity index (χ3n) is 12.2. The van der Waals surface area contributed by atoms with Gasteiger partial charge < -0.3 is 14.2 Å². The molecule has 38 rings (SSSR count). The molecule has 18 nitrogen and oxygen atoms in total. The van der Waals surface area contributed by atoms with Gasteiger partial charge in [-0.05, 0) is 89.5 Å². The van der Waals surface area contributed by atoms with Gasteiger partial charge in [-0.3, -0.25) is 0 Å². The fraction of sp³-hybridized carbons (Fsp3) is 0.111. The minimum atomic E-state index is 0.230. The molecule has 348 valence electrons. The quantitative estimate of drug-likeness (QED) is 0.141. The van der Waals surface area contributed by atoms with E-state index in [9.17, 15) is 0 Å². The first-order valence-corrected chi connectivity index (χ1v) is 23.2. The van der Waals surface area contributed by atoms with Crippen molar-refractivity contribution in [3.63, 3.8) is 0 Å². The first kappa shape index (κ1) is 42.3. The first-order valence-electron chi connectivity index (χ1n) is 23.2. The highest BCUT2D eigenvalue weighted by Gasteiger charge is 2.17. The Kier molecular flexibility index (Phi) is 10.7. The summed E-state index contributed by atoms with van der Waals surface area (Å²) in [6.07, 6.45) is 5.66. The fourth-order valence-electron chi connectivity index (χ4n) is 8.38. The number of benzene rings is 6. The summed E-state index contributed by atoms with van der Waals surface area (Å²) in [5.41, 5.74) is 10.0. The third-order valence-corrected chi connectivity index (χ3v) is 12.2. The molecule has 18 heteroatoms. The minimum Gasteiger partial charge on any atom is -0.487 e. The van der Waals surface area contributed by atoms with Crippen LogP contribution in [0.1, 0.15) is 33.8 Å². The van der Waals surface area contributed by atoms with Gasteiger partial charge in [0.25, 0.3) is 0 Å². The van der Waals surface area contributed by atoms with Crippen LogP contribution in [0.4, 0.5) is 0 Å². The van der Waals surface area contributed by atoms with Crippen molar-refractivity contribution in [1.29, 1.82) is 0 Å². The minimum absolute atomic E-state index is 0.230. The SMILES string of the molecule is c1cc2ccc1Cn1cc(nn1)COc1ccc(cc1)-c1nc3nc(n1)-c1ccc(cc1)OCc1cn(nn1)Cc1ccc(cc1)-c1nc-2nc(n1)-c1ccc(cc1)Cn1cc(nn1)COc1ccc-3cc1. The maximum atomic E-state index is 6.18. The van der Waals surface area contributed by atoms with Crippen molar-refractivity contribution in [1.82, 2.24) is 74.9 Å². The van der Waals surface area contributed by atoms with E-state index in [0.717, 1.165) is 50.1 Å².